The fourth-order valence-electron chi connectivity index (χ4n) is 2.31. The number of oxime groups is 1. The summed E-state index contributed by atoms with van der Waals surface area (Å²) in [5, 5.41) is 11.8. The zero-order valence-corrected chi connectivity index (χ0v) is 11.1. The Labute approximate surface area is 111 Å². The van der Waals surface area contributed by atoms with Crippen molar-refractivity contribution in [2.45, 2.75) is 19.4 Å². The normalized spacial score (nSPS) is 19.5. The van der Waals surface area contributed by atoms with Crippen LogP contribution in [0.5, 0.6) is 0 Å². The monoisotopic (exact) mass is 267 g/mol. The topological polar surface area (TPSA) is 71.1 Å². The van der Waals surface area contributed by atoms with Gasteiger partial charge in [-0.25, -0.2) is 4.39 Å². The Balaban J connectivity index is 2.49. The van der Waals surface area contributed by atoms with Crippen LogP contribution < -0.4 is 10.6 Å². The van der Waals surface area contributed by atoms with E-state index < -0.39 is 5.82 Å². The van der Waals surface area contributed by atoms with Crippen molar-refractivity contribution in [3.8, 4) is 0 Å². The first-order chi connectivity index (χ1) is 8.95. The highest BCUT2D eigenvalue weighted by Gasteiger charge is 2.32. The van der Waals surface area contributed by atoms with Gasteiger partial charge in [0.1, 0.15) is 5.82 Å². The fourth-order valence-corrected chi connectivity index (χ4v) is 2.31. The average molecular weight is 267 g/mol. The molecule has 0 saturated carbocycles. The quantitative estimate of drug-likeness (QED) is 0.369. The van der Waals surface area contributed by atoms with Crippen molar-refractivity contribution >= 4 is 11.5 Å². The Morgan fingerprint density at radius 2 is 2.26 bits per heavy atom. The molecule has 1 aliphatic heterocycles. The Kier molecular flexibility index (Phi) is 3.61. The minimum atomic E-state index is -0.420. The summed E-state index contributed by atoms with van der Waals surface area (Å²) < 4.78 is 18.8. The Morgan fingerprint density at radius 3 is 2.89 bits per heavy atom. The van der Waals surface area contributed by atoms with Crippen molar-refractivity contribution in [2.75, 3.05) is 24.7 Å². The maximum absolute atomic E-state index is 13.4. The molecule has 6 heteroatoms. The molecule has 0 amide bonds. The molecule has 1 aliphatic rings. The summed E-state index contributed by atoms with van der Waals surface area (Å²) in [5.41, 5.74) is 6.53. The molecule has 2 rings (SSSR count). The van der Waals surface area contributed by atoms with E-state index in [-0.39, 0.29) is 11.4 Å². The molecule has 0 atom stereocenters. The number of nitrogens with two attached hydrogens (primary N) is 1. The van der Waals surface area contributed by atoms with Crippen molar-refractivity contribution in [1.29, 1.82) is 0 Å². The zero-order chi connectivity index (χ0) is 14.0. The Morgan fingerprint density at radius 1 is 1.53 bits per heavy atom. The summed E-state index contributed by atoms with van der Waals surface area (Å²) in [7, 11) is 0. The van der Waals surface area contributed by atoms with Gasteiger partial charge in [-0.2, -0.15) is 0 Å². The first kappa shape index (κ1) is 13.6. The summed E-state index contributed by atoms with van der Waals surface area (Å²) >= 11 is 0. The Bertz CT molecular complexity index is 503. The molecule has 0 aromatic heterocycles. The molecule has 0 radical (unpaired) electrons. The number of benzene rings is 1. The number of nitrogens with zero attached hydrogens (tertiary/aromatic N) is 2. The van der Waals surface area contributed by atoms with E-state index in [0.29, 0.717) is 25.3 Å². The molecule has 0 aliphatic carbocycles. The highest BCUT2D eigenvalue weighted by Crippen LogP contribution is 2.30. The molecule has 1 heterocycles. The minimum absolute atomic E-state index is 0.100. The van der Waals surface area contributed by atoms with Gasteiger partial charge in [-0.05, 0) is 32.0 Å². The van der Waals surface area contributed by atoms with Crippen LogP contribution in [-0.4, -0.2) is 36.3 Å². The van der Waals surface area contributed by atoms with E-state index in [0.717, 1.165) is 5.69 Å². The lowest BCUT2D eigenvalue weighted by molar-refractivity contribution is 0.0644. The highest BCUT2D eigenvalue weighted by molar-refractivity contribution is 6.02. The Hall–Kier alpha value is -1.82. The summed E-state index contributed by atoms with van der Waals surface area (Å²) in [6, 6.07) is 4.29. The van der Waals surface area contributed by atoms with Crippen LogP contribution in [0.15, 0.2) is 23.4 Å². The van der Waals surface area contributed by atoms with Crippen molar-refractivity contribution in [1.82, 2.24) is 0 Å². The van der Waals surface area contributed by atoms with Gasteiger partial charge in [0.15, 0.2) is 5.84 Å². The van der Waals surface area contributed by atoms with Crippen molar-refractivity contribution < 1.29 is 14.3 Å². The van der Waals surface area contributed by atoms with Crippen LogP contribution in [0.3, 0.4) is 0 Å². The summed E-state index contributed by atoms with van der Waals surface area (Å²) in [5.74, 6) is -0.520. The largest absolute Gasteiger partial charge is 0.409 e. The minimum Gasteiger partial charge on any atom is -0.409 e. The van der Waals surface area contributed by atoms with Crippen LogP contribution in [0.1, 0.15) is 19.4 Å². The lowest BCUT2D eigenvalue weighted by Gasteiger charge is -2.44. The molecule has 1 saturated heterocycles. The van der Waals surface area contributed by atoms with Crippen LogP contribution in [-0.2, 0) is 4.74 Å². The molecule has 0 unspecified atom stereocenters. The standard InChI is InChI=1S/C13H18FN3O2/c1-13(2)8-19-6-5-17(13)11-4-3-9(14)7-10(11)12(15)16-18/h3-4,7,18H,5-6,8H2,1-2H3,(H2,15,16). The van der Waals surface area contributed by atoms with Gasteiger partial charge < -0.3 is 20.6 Å². The number of hydrogen-bond acceptors (Lipinski definition) is 4. The predicted molar refractivity (Wildman–Crippen MR) is 71.2 cm³/mol. The van der Waals surface area contributed by atoms with Crippen molar-refractivity contribution in [2.24, 2.45) is 10.9 Å². The smallest absolute Gasteiger partial charge is 0.172 e. The third kappa shape index (κ3) is 2.63. The molecule has 0 spiro atoms. The van der Waals surface area contributed by atoms with E-state index in [1.165, 1.54) is 12.1 Å². The van der Waals surface area contributed by atoms with Crippen molar-refractivity contribution in [3.05, 3.63) is 29.6 Å². The molecule has 19 heavy (non-hydrogen) atoms. The number of halogens is 1. The molecule has 1 fully saturated rings. The van der Waals surface area contributed by atoms with Crippen LogP contribution in [0.25, 0.3) is 0 Å². The van der Waals surface area contributed by atoms with Crippen LogP contribution >= 0.6 is 0 Å². The first-order valence-electron chi connectivity index (χ1n) is 6.08. The summed E-state index contributed by atoms with van der Waals surface area (Å²) in [6.45, 7) is 5.90. The van der Waals surface area contributed by atoms with E-state index in [9.17, 15) is 4.39 Å². The van der Waals surface area contributed by atoms with Gasteiger partial charge in [0.2, 0.25) is 0 Å². The van der Waals surface area contributed by atoms with Gasteiger partial charge in [0.25, 0.3) is 0 Å². The van der Waals surface area contributed by atoms with Crippen LogP contribution in [0.2, 0.25) is 0 Å². The SMILES string of the molecule is CC1(C)COCCN1c1ccc(F)cc1/C(N)=N/O. The van der Waals surface area contributed by atoms with Gasteiger partial charge in [-0.15, -0.1) is 0 Å². The molecule has 104 valence electrons. The molecule has 0 bridgehead atoms. The van der Waals surface area contributed by atoms with Gasteiger partial charge in [-0.1, -0.05) is 5.16 Å². The van der Waals surface area contributed by atoms with Crippen molar-refractivity contribution in [3.63, 3.8) is 0 Å². The zero-order valence-electron chi connectivity index (χ0n) is 11.1. The maximum Gasteiger partial charge on any atom is 0.172 e. The lowest BCUT2D eigenvalue weighted by Crippen LogP contribution is -2.53. The van der Waals surface area contributed by atoms with E-state index in [2.05, 4.69) is 10.1 Å². The third-order valence-electron chi connectivity index (χ3n) is 3.28. The predicted octanol–water partition coefficient (Wildman–Crippen LogP) is 1.54. The number of rotatable bonds is 2. The molecule has 1 aromatic rings. The van der Waals surface area contributed by atoms with Crippen LogP contribution in [0.4, 0.5) is 10.1 Å². The van der Waals surface area contributed by atoms with E-state index in [1.54, 1.807) is 6.07 Å². The molecule has 3 N–H and O–H groups in total. The fraction of sp³-hybridized carbons (Fsp3) is 0.462. The summed E-state index contributed by atoms with van der Waals surface area (Å²) in [6.07, 6.45) is 0. The molecular weight excluding hydrogens is 249 g/mol. The number of anilines is 1. The average Bonchev–Trinajstić information content (AvgIpc) is 2.38. The number of morpholine rings is 1. The van der Waals surface area contributed by atoms with Gasteiger partial charge in [-0.3, -0.25) is 0 Å². The lowest BCUT2D eigenvalue weighted by atomic mass is 9.99. The maximum atomic E-state index is 13.4. The second kappa shape index (κ2) is 5.05. The number of ether oxygens (including phenoxy) is 1. The second-order valence-electron chi connectivity index (χ2n) is 5.16. The molecule has 1 aromatic carbocycles. The van der Waals surface area contributed by atoms with E-state index in [4.69, 9.17) is 15.7 Å². The van der Waals surface area contributed by atoms with Gasteiger partial charge in [0, 0.05) is 17.8 Å². The molecule has 5 nitrogen and oxygen atoms in total. The van der Waals surface area contributed by atoms with Crippen LogP contribution in [0, 0.1) is 5.82 Å². The second-order valence-corrected chi connectivity index (χ2v) is 5.16. The van der Waals surface area contributed by atoms with E-state index in [1.807, 2.05) is 13.8 Å². The number of amidine groups is 1. The summed E-state index contributed by atoms with van der Waals surface area (Å²) in [4.78, 5) is 2.09. The third-order valence-corrected chi connectivity index (χ3v) is 3.28. The molecular formula is C13H18FN3O2. The van der Waals surface area contributed by atoms with Gasteiger partial charge in [0.05, 0.1) is 18.8 Å². The highest BCUT2D eigenvalue weighted by atomic mass is 19.1. The first-order valence-corrected chi connectivity index (χ1v) is 6.08. The van der Waals surface area contributed by atoms with Gasteiger partial charge >= 0.3 is 0 Å². The number of hydrogen-bond donors (Lipinski definition) is 2. The van der Waals surface area contributed by atoms with E-state index >= 15 is 0 Å².